The summed E-state index contributed by atoms with van der Waals surface area (Å²) in [6.07, 6.45) is 1.26. The third-order valence-electron chi connectivity index (χ3n) is 4.50. The molecule has 1 aliphatic heterocycles. The first-order valence-corrected chi connectivity index (χ1v) is 8.57. The van der Waals surface area contributed by atoms with Crippen molar-refractivity contribution in [3.05, 3.63) is 34.1 Å². The molecule has 0 bridgehead atoms. The highest BCUT2D eigenvalue weighted by Crippen LogP contribution is 2.20. The van der Waals surface area contributed by atoms with Crippen molar-refractivity contribution in [2.24, 2.45) is 5.92 Å². The van der Waals surface area contributed by atoms with E-state index in [0.29, 0.717) is 29.8 Å². The molecule has 26 heavy (non-hydrogen) atoms. The van der Waals surface area contributed by atoms with E-state index in [4.69, 9.17) is 0 Å². The third-order valence-corrected chi connectivity index (χ3v) is 4.50. The van der Waals surface area contributed by atoms with E-state index in [9.17, 15) is 19.7 Å². The fourth-order valence-electron chi connectivity index (χ4n) is 3.29. The SMILES string of the molecule is CC(C)[C@@H](C(=O)NCc1nc2ccc([N+](=O)[O-])cc2[nH]1)N1CCCC1=O. The van der Waals surface area contributed by atoms with Crippen molar-refractivity contribution in [1.82, 2.24) is 20.2 Å². The van der Waals surface area contributed by atoms with Crippen LogP contribution < -0.4 is 5.32 Å². The van der Waals surface area contributed by atoms with Crippen LogP contribution in [0.15, 0.2) is 18.2 Å². The summed E-state index contributed by atoms with van der Waals surface area (Å²) < 4.78 is 0. The maximum absolute atomic E-state index is 12.6. The number of nitro benzene ring substituents is 1. The minimum absolute atomic E-state index is 0.00428. The number of likely N-dealkylation sites (tertiary alicyclic amines) is 1. The maximum Gasteiger partial charge on any atom is 0.271 e. The summed E-state index contributed by atoms with van der Waals surface area (Å²) in [7, 11) is 0. The Morgan fingerprint density at radius 2 is 2.23 bits per heavy atom. The van der Waals surface area contributed by atoms with Crippen molar-refractivity contribution in [2.75, 3.05) is 6.54 Å². The second-order valence-electron chi connectivity index (χ2n) is 6.74. The average molecular weight is 359 g/mol. The number of hydrogen-bond donors (Lipinski definition) is 2. The van der Waals surface area contributed by atoms with E-state index in [0.717, 1.165) is 6.42 Å². The van der Waals surface area contributed by atoms with Crippen LogP contribution in [0.3, 0.4) is 0 Å². The molecule has 3 rings (SSSR count). The number of non-ortho nitro benzene ring substituents is 1. The summed E-state index contributed by atoms with van der Waals surface area (Å²) >= 11 is 0. The smallest absolute Gasteiger partial charge is 0.271 e. The number of fused-ring (bicyclic) bond motifs is 1. The first-order valence-electron chi connectivity index (χ1n) is 8.57. The Bertz CT molecular complexity index is 860. The Morgan fingerprint density at radius 3 is 2.85 bits per heavy atom. The van der Waals surface area contributed by atoms with E-state index in [1.54, 1.807) is 11.0 Å². The molecule has 1 fully saturated rings. The van der Waals surface area contributed by atoms with Crippen molar-refractivity contribution in [1.29, 1.82) is 0 Å². The highest BCUT2D eigenvalue weighted by atomic mass is 16.6. The van der Waals surface area contributed by atoms with Gasteiger partial charge in [-0.05, 0) is 18.4 Å². The first-order chi connectivity index (χ1) is 12.4. The molecule has 0 saturated carbocycles. The summed E-state index contributed by atoms with van der Waals surface area (Å²) in [6, 6.07) is 3.86. The van der Waals surface area contributed by atoms with Crippen molar-refractivity contribution < 1.29 is 14.5 Å². The Labute approximate surface area is 149 Å². The number of nitrogens with zero attached hydrogens (tertiary/aromatic N) is 3. The minimum atomic E-state index is -0.504. The summed E-state index contributed by atoms with van der Waals surface area (Å²) in [4.78, 5) is 43.9. The van der Waals surface area contributed by atoms with Gasteiger partial charge in [0.1, 0.15) is 11.9 Å². The molecule has 1 atom stereocenters. The monoisotopic (exact) mass is 359 g/mol. The molecule has 0 spiro atoms. The van der Waals surface area contributed by atoms with Crippen LogP contribution in [0.5, 0.6) is 0 Å². The van der Waals surface area contributed by atoms with Crippen LogP contribution in [0.25, 0.3) is 11.0 Å². The topological polar surface area (TPSA) is 121 Å². The molecular formula is C17H21N5O4. The van der Waals surface area contributed by atoms with Gasteiger partial charge in [-0.3, -0.25) is 19.7 Å². The third kappa shape index (κ3) is 3.51. The van der Waals surface area contributed by atoms with E-state index in [2.05, 4.69) is 15.3 Å². The zero-order valence-electron chi connectivity index (χ0n) is 14.7. The van der Waals surface area contributed by atoms with Gasteiger partial charge in [-0.25, -0.2) is 4.98 Å². The summed E-state index contributed by atoms with van der Waals surface area (Å²) in [5.74, 6) is 0.288. The van der Waals surface area contributed by atoms with Crippen molar-refractivity contribution >= 4 is 28.5 Å². The van der Waals surface area contributed by atoms with Gasteiger partial charge in [-0.15, -0.1) is 0 Å². The number of H-pyrrole nitrogens is 1. The zero-order valence-corrected chi connectivity index (χ0v) is 14.7. The molecule has 1 aliphatic rings. The lowest BCUT2D eigenvalue weighted by atomic mass is 10.0. The van der Waals surface area contributed by atoms with Crippen LogP contribution in [-0.4, -0.2) is 44.2 Å². The number of amides is 2. The lowest BCUT2D eigenvalue weighted by Gasteiger charge is -2.29. The molecule has 2 N–H and O–H groups in total. The Kier molecular flexibility index (Phi) is 4.88. The van der Waals surface area contributed by atoms with Gasteiger partial charge in [0, 0.05) is 25.1 Å². The molecule has 9 heteroatoms. The molecule has 2 amide bonds. The number of benzene rings is 1. The molecule has 138 valence electrons. The van der Waals surface area contributed by atoms with Crippen LogP contribution in [0, 0.1) is 16.0 Å². The second-order valence-corrected chi connectivity index (χ2v) is 6.74. The van der Waals surface area contributed by atoms with E-state index < -0.39 is 11.0 Å². The number of carbonyl (C=O) groups excluding carboxylic acids is 2. The molecule has 9 nitrogen and oxygen atoms in total. The molecule has 0 aliphatic carbocycles. The number of rotatable bonds is 6. The predicted octanol–water partition coefficient (Wildman–Crippen LogP) is 1.73. The van der Waals surface area contributed by atoms with Crippen molar-refractivity contribution in [3.63, 3.8) is 0 Å². The summed E-state index contributed by atoms with van der Waals surface area (Å²) in [5, 5.41) is 13.7. The minimum Gasteiger partial charge on any atom is -0.347 e. The standard InChI is InChI=1S/C17H21N5O4/c1-10(2)16(21-7-3-4-15(21)23)17(24)18-9-14-19-12-6-5-11(22(25)26)8-13(12)20-14/h5-6,8,10,16H,3-4,7,9H2,1-2H3,(H,18,24)(H,19,20)/t16-/m0/s1. The van der Waals surface area contributed by atoms with Crippen LogP contribution in [0.4, 0.5) is 5.69 Å². The average Bonchev–Trinajstić information content (AvgIpc) is 3.18. The Morgan fingerprint density at radius 1 is 1.46 bits per heavy atom. The number of aromatic amines is 1. The van der Waals surface area contributed by atoms with Crippen LogP contribution >= 0.6 is 0 Å². The Hall–Kier alpha value is -2.97. The largest absolute Gasteiger partial charge is 0.347 e. The highest BCUT2D eigenvalue weighted by molar-refractivity contribution is 5.88. The van der Waals surface area contributed by atoms with Gasteiger partial charge in [0.2, 0.25) is 11.8 Å². The second kappa shape index (κ2) is 7.11. The Balaban J connectivity index is 1.70. The van der Waals surface area contributed by atoms with Gasteiger partial charge in [-0.1, -0.05) is 13.8 Å². The number of aromatic nitrogens is 2. The van der Waals surface area contributed by atoms with Gasteiger partial charge in [0.25, 0.3) is 5.69 Å². The fraction of sp³-hybridized carbons (Fsp3) is 0.471. The van der Waals surface area contributed by atoms with Gasteiger partial charge in [0.15, 0.2) is 0 Å². The number of hydrogen-bond acceptors (Lipinski definition) is 5. The highest BCUT2D eigenvalue weighted by Gasteiger charge is 2.34. The van der Waals surface area contributed by atoms with E-state index in [1.165, 1.54) is 12.1 Å². The number of nitrogens with one attached hydrogen (secondary N) is 2. The summed E-state index contributed by atoms with van der Waals surface area (Å²) in [6.45, 7) is 4.59. The molecule has 1 aromatic carbocycles. The molecule has 1 saturated heterocycles. The van der Waals surface area contributed by atoms with E-state index >= 15 is 0 Å². The predicted molar refractivity (Wildman–Crippen MR) is 94.2 cm³/mol. The lowest BCUT2D eigenvalue weighted by molar-refractivity contribution is -0.384. The van der Waals surface area contributed by atoms with Crippen molar-refractivity contribution in [2.45, 2.75) is 39.3 Å². The van der Waals surface area contributed by atoms with Crippen LogP contribution in [-0.2, 0) is 16.1 Å². The number of nitro groups is 1. The number of imidazole rings is 1. The molecule has 1 aromatic heterocycles. The molecule has 2 heterocycles. The quantitative estimate of drug-likeness (QED) is 0.601. The molecular weight excluding hydrogens is 338 g/mol. The first kappa shape index (κ1) is 17.8. The van der Waals surface area contributed by atoms with E-state index in [1.807, 2.05) is 13.8 Å². The van der Waals surface area contributed by atoms with Gasteiger partial charge in [0.05, 0.1) is 22.5 Å². The van der Waals surface area contributed by atoms with Gasteiger partial charge < -0.3 is 15.2 Å². The van der Waals surface area contributed by atoms with Gasteiger partial charge >= 0.3 is 0 Å². The molecule has 2 aromatic rings. The van der Waals surface area contributed by atoms with Crippen LogP contribution in [0.1, 0.15) is 32.5 Å². The summed E-state index contributed by atoms with van der Waals surface area (Å²) in [5.41, 5.74) is 1.11. The molecule has 0 radical (unpaired) electrons. The van der Waals surface area contributed by atoms with Gasteiger partial charge in [-0.2, -0.15) is 0 Å². The normalized spacial score (nSPS) is 15.7. The lowest BCUT2D eigenvalue weighted by Crippen LogP contribution is -2.50. The molecule has 0 unspecified atom stereocenters. The maximum atomic E-state index is 12.6. The zero-order chi connectivity index (χ0) is 18.8. The van der Waals surface area contributed by atoms with Crippen molar-refractivity contribution in [3.8, 4) is 0 Å². The number of carbonyl (C=O) groups is 2. The van der Waals surface area contributed by atoms with E-state index in [-0.39, 0.29) is 30.0 Å². The van der Waals surface area contributed by atoms with Crippen LogP contribution in [0.2, 0.25) is 0 Å². The fourth-order valence-corrected chi connectivity index (χ4v) is 3.29.